The molecule has 0 aliphatic rings. The van der Waals surface area contributed by atoms with Crippen molar-refractivity contribution in [2.45, 2.75) is 92.9 Å². The van der Waals surface area contributed by atoms with Crippen LogP contribution < -0.4 is 0 Å². The Morgan fingerprint density at radius 1 is 0.857 bits per heavy atom. The van der Waals surface area contributed by atoms with Crippen molar-refractivity contribution in [3.8, 4) is 0 Å². The summed E-state index contributed by atoms with van der Waals surface area (Å²) < 4.78 is 0. The second kappa shape index (κ2) is 12.3. The van der Waals surface area contributed by atoms with E-state index in [2.05, 4.69) is 54.2 Å². The van der Waals surface area contributed by atoms with Crippen LogP contribution in [0.2, 0.25) is 0 Å². The summed E-state index contributed by atoms with van der Waals surface area (Å²) in [5, 5.41) is 0. The minimum atomic E-state index is 0.863. The van der Waals surface area contributed by atoms with Crippen LogP contribution in [0.15, 0.2) is 12.7 Å². The molecule has 0 radical (unpaired) electrons. The van der Waals surface area contributed by atoms with Crippen molar-refractivity contribution in [2.75, 3.05) is 0 Å². The Morgan fingerprint density at radius 2 is 1.48 bits per heavy atom. The first-order chi connectivity index (χ1) is 9.96. The Kier molecular flexibility index (Phi) is 12.1. The third-order valence-electron chi connectivity index (χ3n) is 5.86. The standard InChI is InChI=1S/C21H42/c1-8-13-21(10-3)16-17(4)14-11-12-15-19(6)20(7)18(5)9-2/h8,17-21H,1,9-16H2,2-7H3. The molecular formula is C21H42. The molecule has 0 saturated carbocycles. The van der Waals surface area contributed by atoms with E-state index in [4.69, 9.17) is 0 Å². The molecule has 0 heterocycles. The molecule has 126 valence electrons. The van der Waals surface area contributed by atoms with Gasteiger partial charge >= 0.3 is 0 Å². The van der Waals surface area contributed by atoms with Crippen molar-refractivity contribution in [2.24, 2.45) is 29.6 Å². The fraction of sp³-hybridized carbons (Fsp3) is 0.905. The SMILES string of the molecule is C=CCC(CC)CC(C)CCCCC(C)C(C)C(C)CC. The maximum Gasteiger partial charge on any atom is -0.0325 e. The van der Waals surface area contributed by atoms with Gasteiger partial charge < -0.3 is 0 Å². The molecule has 0 saturated heterocycles. The van der Waals surface area contributed by atoms with E-state index in [1.165, 1.54) is 51.4 Å². The van der Waals surface area contributed by atoms with Gasteiger partial charge in [-0.05, 0) is 42.4 Å². The number of hydrogen-bond acceptors (Lipinski definition) is 0. The Morgan fingerprint density at radius 3 is 2.00 bits per heavy atom. The summed E-state index contributed by atoms with van der Waals surface area (Å²) in [6, 6.07) is 0. The highest BCUT2D eigenvalue weighted by Crippen LogP contribution is 2.28. The van der Waals surface area contributed by atoms with Crippen LogP contribution in [0.4, 0.5) is 0 Å². The van der Waals surface area contributed by atoms with E-state index in [0.29, 0.717) is 0 Å². The highest BCUT2D eigenvalue weighted by Gasteiger charge is 2.17. The van der Waals surface area contributed by atoms with Gasteiger partial charge in [-0.15, -0.1) is 6.58 Å². The lowest BCUT2D eigenvalue weighted by molar-refractivity contribution is 0.252. The first kappa shape index (κ1) is 20.7. The minimum absolute atomic E-state index is 0.863. The molecule has 0 amide bonds. The molecule has 21 heavy (non-hydrogen) atoms. The van der Waals surface area contributed by atoms with Gasteiger partial charge in [0.05, 0.1) is 0 Å². The van der Waals surface area contributed by atoms with Crippen LogP contribution in [0.1, 0.15) is 92.9 Å². The van der Waals surface area contributed by atoms with Crippen molar-refractivity contribution in [1.82, 2.24) is 0 Å². The molecule has 0 aliphatic carbocycles. The molecule has 5 atom stereocenters. The zero-order valence-electron chi connectivity index (χ0n) is 15.8. The molecule has 0 fully saturated rings. The Labute approximate surface area is 135 Å². The van der Waals surface area contributed by atoms with Crippen molar-refractivity contribution in [3.05, 3.63) is 12.7 Å². The molecular weight excluding hydrogens is 252 g/mol. The lowest BCUT2D eigenvalue weighted by atomic mass is 9.80. The summed E-state index contributed by atoms with van der Waals surface area (Å²) in [6.45, 7) is 18.3. The van der Waals surface area contributed by atoms with Gasteiger partial charge in [0.15, 0.2) is 0 Å². The summed E-state index contributed by atoms with van der Waals surface area (Å²) >= 11 is 0. The van der Waals surface area contributed by atoms with Gasteiger partial charge in [0.1, 0.15) is 0 Å². The minimum Gasteiger partial charge on any atom is -0.103 e. The van der Waals surface area contributed by atoms with Crippen molar-refractivity contribution >= 4 is 0 Å². The third-order valence-corrected chi connectivity index (χ3v) is 5.86. The van der Waals surface area contributed by atoms with E-state index in [1.54, 1.807) is 0 Å². The molecule has 0 N–H and O–H groups in total. The van der Waals surface area contributed by atoms with E-state index in [1.807, 2.05) is 0 Å². The molecule has 0 aromatic heterocycles. The van der Waals surface area contributed by atoms with Crippen molar-refractivity contribution < 1.29 is 0 Å². The first-order valence-corrected chi connectivity index (χ1v) is 9.56. The van der Waals surface area contributed by atoms with Crippen molar-refractivity contribution in [3.63, 3.8) is 0 Å². The van der Waals surface area contributed by atoms with Crippen LogP contribution in [0, 0.1) is 29.6 Å². The summed E-state index contributed by atoms with van der Waals surface area (Å²) in [7, 11) is 0. The average molecular weight is 295 g/mol. The van der Waals surface area contributed by atoms with Crippen LogP contribution >= 0.6 is 0 Å². The molecule has 0 heteroatoms. The lowest BCUT2D eigenvalue weighted by Gasteiger charge is -2.25. The predicted octanol–water partition coefficient (Wildman–Crippen LogP) is 7.49. The summed E-state index contributed by atoms with van der Waals surface area (Å²) in [5.74, 6) is 4.39. The molecule has 0 aromatic carbocycles. The fourth-order valence-electron chi connectivity index (χ4n) is 3.51. The molecule has 0 rings (SSSR count). The topological polar surface area (TPSA) is 0 Å². The molecule has 5 unspecified atom stereocenters. The van der Waals surface area contributed by atoms with E-state index in [9.17, 15) is 0 Å². The zero-order valence-corrected chi connectivity index (χ0v) is 15.8. The number of allylic oxidation sites excluding steroid dienone is 1. The van der Waals surface area contributed by atoms with Gasteiger partial charge in [0.2, 0.25) is 0 Å². The Bertz CT molecular complexity index is 242. The average Bonchev–Trinajstić information content (AvgIpc) is 2.49. The number of rotatable bonds is 13. The number of hydrogen-bond donors (Lipinski definition) is 0. The first-order valence-electron chi connectivity index (χ1n) is 9.56. The fourth-order valence-corrected chi connectivity index (χ4v) is 3.51. The van der Waals surface area contributed by atoms with Crippen LogP contribution in [0.3, 0.4) is 0 Å². The number of unbranched alkanes of at least 4 members (excludes halogenated alkanes) is 1. The van der Waals surface area contributed by atoms with E-state index < -0.39 is 0 Å². The van der Waals surface area contributed by atoms with Crippen LogP contribution in [0.25, 0.3) is 0 Å². The maximum absolute atomic E-state index is 3.89. The quantitative estimate of drug-likeness (QED) is 0.244. The maximum atomic E-state index is 3.89. The van der Waals surface area contributed by atoms with Crippen molar-refractivity contribution in [1.29, 1.82) is 0 Å². The molecule has 0 spiro atoms. The predicted molar refractivity (Wildman–Crippen MR) is 98.6 cm³/mol. The Balaban J connectivity index is 3.81. The van der Waals surface area contributed by atoms with Gasteiger partial charge in [-0.2, -0.15) is 0 Å². The normalized spacial score (nSPS) is 18.8. The van der Waals surface area contributed by atoms with E-state index in [-0.39, 0.29) is 0 Å². The summed E-state index contributed by atoms with van der Waals surface area (Å²) in [6.07, 6.45) is 13.0. The largest absolute Gasteiger partial charge is 0.103 e. The van der Waals surface area contributed by atoms with Crippen LogP contribution in [-0.2, 0) is 0 Å². The van der Waals surface area contributed by atoms with E-state index in [0.717, 1.165) is 29.6 Å². The van der Waals surface area contributed by atoms with Gasteiger partial charge in [0.25, 0.3) is 0 Å². The van der Waals surface area contributed by atoms with Gasteiger partial charge in [0, 0.05) is 0 Å². The lowest BCUT2D eigenvalue weighted by Crippen LogP contribution is -2.16. The Hall–Kier alpha value is -0.260. The van der Waals surface area contributed by atoms with Gasteiger partial charge in [-0.1, -0.05) is 86.1 Å². The monoisotopic (exact) mass is 294 g/mol. The summed E-state index contributed by atoms with van der Waals surface area (Å²) in [4.78, 5) is 0. The summed E-state index contributed by atoms with van der Waals surface area (Å²) in [5.41, 5.74) is 0. The zero-order chi connectivity index (χ0) is 16.3. The molecule has 0 aliphatic heterocycles. The molecule has 0 aromatic rings. The second-order valence-electron chi connectivity index (χ2n) is 7.65. The van der Waals surface area contributed by atoms with Crippen LogP contribution in [-0.4, -0.2) is 0 Å². The van der Waals surface area contributed by atoms with Gasteiger partial charge in [-0.3, -0.25) is 0 Å². The third kappa shape index (κ3) is 9.38. The second-order valence-corrected chi connectivity index (χ2v) is 7.65. The molecule has 0 nitrogen and oxygen atoms in total. The van der Waals surface area contributed by atoms with Gasteiger partial charge in [-0.25, -0.2) is 0 Å². The smallest absolute Gasteiger partial charge is 0.0325 e. The van der Waals surface area contributed by atoms with Crippen LogP contribution in [0.5, 0.6) is 0 Å². The molecule has 0 bridgehead atoms. The highest BCUT2D eigenvalue weighted by molar-refractivity contribution is 4.74. The highest BCUT2D eigenvalue weighted by atomic mass is 14.2. The van der Waals surface area contributed by atoms with E-state index >= 15 is 0 Å².